The summed E-state index contributed by atoms with van der Waals surface area (Å²) in [6.45, 7) is 2.62. The average molecular weight is 614 g/mol. The van der Waals surface area contributed by atoms with Crippen LogP contribution in [0.1, 0.15) is 46.2 Å². The van der Waals surface area contributed by atoms with Crippen molar-refractivity contribution in [3.05, 3.63) is 93.9 Å². The number of hydrogen-bond donors (Lipinski definition) is 2. The first-order chi connectivity index (χ1) is 20.0. The van der Waals surface area contributed by atoms with Gasteiger partial charge in [0.2, 0.25) is 5.69 Å². The Balaban J connectivity index is 1.82. The number of amides is 1. The molecule has 6 nitrogen and oxygen atoms in total. The number of hydrogen-bond acceptors (Lipinski definition) is 3. The molecule has 1 amide bonds. The molecule has 0 radical (unpaired) electrons. The van der Waals surface area contributed by atoms with Gasteiger partial charge in [0, 0.05) is 35.7 Å². The normalized spacial score (nSPS) is 12.3. The van der Waals surface area contributed by atoms with E-state index in [0.29, 0.717) is 18.2 Å². The fraction of sp³-hybridized carbons (Fsp3) is 0.241. The molecule has 4 aromatic rings. The van der Waals surface area contributed by atoms with E-state index in [1.54, 1.807) is 0 Å². The van der Waals surface area contributed by atoms with Crippen LogP contribution >= 0.6 is 0 Å². The van der Waals surface area contributed by atoms with Crippen LogP contribution in [-0.2, 0) is 18.3 Å². The monoisotopic (exact) mass is 613 g/mol. The molecule has 3 aromatic carbocycles. The maximum Gasteiger partial charge on any atom is 0.417 e. The third kappa shape index (κ3) is 6.13. The lowest BCUT2D eigenvalue weighted by Crippen LogP contribution is -2.36. The summed E-state index contributed by atoms with van der Waals surface area (Å²) in [6, 6.07) is 9.69. The molecular weight excluding hydrogens is 590 g/mol. The molecule has 14 heteroatoms. The Labute approximate surface area is 239 Å². The molecule has 0 saturated heterocycles. The SMILES string of the molecule is CCC(F)(F)c1cccc(NC(=O)c2c(C)[nH]c(-c3ccc(OC)c(-c4c(C(F)(F)F)cccc4C(F)(F)F)c3)[n+]2[O-])c1. The van der Waals surface area contributed by atoms with Gasteiger partial charge in [-0.2, -0.15) is 26.3 Å². The smallest absolute Gasteiger partial charge is 0.417 e. The largest absolute Gasteiger partial charge is 0.710 e. The van der Waals surface area contributed by atoms with Gasteiger partial charge in [-0.25, -0.2) is 18.5 Å². The second kappa shape index (κ2) is 11.2. The molecule has 0 bridgehead atoms. The second-order valence-electron chi connectivity index (χ2n) is 9.47. The summed E-state index contributed by atoms with van der Waals surface area (Å²) >= 11 is 0. The van der Waals surface area contributed by atoms with Gasteiger partial charge in [-0.05, 0) is 42.5 Å². The van der Waals surface area contributed by atoms with Crippen LogP contribution < -0.4 is 14.8 Å². The van der Waals surface area contributed by atoms with E-state index in [4.69, 9.17) is 4.74 Å². The second-order valence-corrected chi connectivity index (χ2v) is 9.47. The Morgan fingerprint density at radius 3 is 2.09 bits per heavy atom. The standard InChI is InChI=1S/C29H23F8N3O3/c1-4-27(30,31)17-7-5-8-18(14-17)39-26(41)24-15(2)38-25(40(24)42)16-11-12-22(43-3)19(13-16)23-20(28(32,33)34)9-6-10-21(23)29(35,36)37/h5-14,38H,4H2,1-3H3,(H,39,41). The molecule has 0 aliphatic heterocycles. The minimum absolute atomic E-state index is 0.0124. The van der Waals surface area contributed by atoms with Crippen LogP contribution in [0.5, 0.6) is 5.75 Å². The molecule has 2 N–H and O–H groups in total. The van der Waals surface area contributed by atoms with Crippen molar-refractivity contribution in [3.63, 3.8) is 0 Å². The maximum atomic E-state index is 14.1. The van der Waals surface area contributed by atoms with Crippen LogP contribution in [0.15, 0.2) is 60.7 Å². The first-order valence-electron chi connectivity index (χ1n) is 12.6. The number of halogens is 8. The molecule has 0 aliphatic carbocycles. The highest BCUT2D eigenvalue weighted by Gasteiger charge is 2.42. The lowest BCUT2D eigenvalue weighted by Gasteiger charge is -2.20. The van der Waals surface area contributed by atoms with E-state index >= 15 is 0 Å². The summed E-state index contributed by atoms with van der Waals surface area (Å²) in [5, 5.41) is 15.6. The fourth-order valence-corrected chi connectivity index (χ4v) is 4.59. The molecular formula is C29H23F8N3O3. The third-order valence-corrected chi connectivity index (χ3v) is 6.69. The lowest BCUT2D eigenvalue weighted by molar-refractivity contribution is -0.594. The van der Waals surface area contributed by atoms with E-state index in [2.05, 4.69) is 10.3 Å². The van der Waals surface area contributed by atoms with Gasteiger partial charge in [-0.15, -0.1) is 0 Å². The molecule has 0 fully saturated rings. The first kappa shape index (κ1) is 31.3. The molecule has 43 heavy (non-hydrogen) atoms. The van der Waals surface area contributed by atoms with Crippen LogP contribution in [0.4, 0.5) is 40.8 Å². The minimum atomic E-state index is -5.18. The number of nitrogens with one attached hydrogen (secondary N) is 2. The van der Waals surface area contributed by atoms with E-state index in [1.165, 1.54) is 38.1 Å². The Hall–Kier alpha value is -4.62. The van der Waals surface area contributed by atoms with Crippen molar-refractivity contribution < 1.29 is 49.4 Å². The summed E-state index contributed by atoms with van der Waals surface area (Å²) in [7, 11) is 1.06. The van der Waals surface area contributed by atoms with E-state index in [0.717, 1.165) is 25.3 Å². The molecule has 0 atom stereocenters. The Bertz CT molecular complexity index is 1640. The Morgan fingerprint density at radius 2 is 1.53 bits per heavy atom. The van der Waals surface area contributed by atoms with E-state index in [-0.39, 0.29) is 38.8 Å². The first-order valence-corrected chi connectivity index (χ1v) is 12.6. The zero-order valence-corrected chi connectivity index (χ0v) is 22.7. The quantitative estimate of drug-likeness (QED) is 0.126. The van der Waals surface area contributed by atoms with Crippen LogP contribution in [0.25, 0.3) is 22.5 Å². The number of H-pyrrole nitrogens is 1. The summed E-state index contributed by atoms with van der Waals surface area (Å²) in [4.78, 5) is 15.7. The van der Waals surface area contributed by atoms with Gasteiger partial charge in [0.1, 0.15) is 5.75 Å². The number of aromatic nitrogens is 2. The van der Waals surface area contributed by atoms with Gasteiger partial charge in [0.05, 0.1) is 23.8 Å². The number of aryl methyl sites for hydroxylation is 1. The van der Waals surface area contributed by atoms with E-state index in [9.17, 15) is 45.1 Å². The van der Waals surface area contributed by atoms with Gasteiger partial charge in [0.25, 0.3) is 17.7 Å². The van der Waals surface area contributed by atoms with Crippen LogP contribution in [0.3, 0.4) is 0 Å². The van der Waals surface area contributed by atoms with Crippen molar-refractivity contribution in [2.75, 3.05) is 12.4 Å². The summed E-state index contributed by atoms with van der Waals surface area (Å²) in [5.74, 6) is -4.88. The van der Waals surface area contributed by atoms with Gasteiger partial charge in [-0.3, -0.25) is 4.79 Å². The molecule has 0 aliphatic rings. The van der Waals surface area contributed by atoms with Crippen molar-refractivity contribution in [2.24, 2.45) is 0 Å². The number of alkyl halides is 8. The number of imidazole rings is 1. The molecule has 0 unspecified atom stereocenters. The van der Waals surface area contributed by atoms with Crippen molar-refractivity contribution in [3.8, 4) is 28.3 Å². The van der Waals surface area contributed by atoms with Crippen molar-refractivity contribution in [1.29, 1.82) is 0 Å². The number of aromatic amines is 1. The van der Waals surface area contributed by atoms with Gasteiger partial charge in [0.15, 0.2) is 5.69 Å². The highest BCUT2D eigenvalue weighted by Crippen LogP contribution is 2.47. The highest BCUT2D eigenvalue weighted by atomic mass is 19.4. The topological polar surface area (TPSA) is 81.1 Å². The maximum absolute atomic E-state index is 14.1. The molecule has 1 heterocycles. The highest BCUT2D eigenvalue weighted by molar-refractivity contribution is 6.03. The van der Waals surface area contributed by atoms with Gasteiger partial charge in [-0.1, -0.05) is 25.1 Å². The molecule has 0 saturated carbocycles. The fourth-order valence-electron chi connectivity index (χ4n) is 4.59. The predicted octanol–water partition coefficient (Wildman–Crippen LogP) is 8.09. The number of nitrogens with zero attached hydrogens (tertiary/aromatic N) is 1. The lowest BCUT2D eigenvalue weighted by atomic mass is 9.91. The van der Waals surface area contributed by atoms with Crippen LogP contribution in [-0.4, -0.2) is 18.0 Å². The van der Waals surface area contributed by atoms with E-state index < -0.39 is 58.6 Å². The average Bonchev–Trinajstić information content (AvgIpc) is 3.24. The van der Waals surface area contributed by atoms with Gasteiger partial charge < -0.3 is 15.3 Å². The van der Waals surface area contributed by atoms with E-state index in [1.807, 2.05) is 0 Å². The third-order valence-electron chi connectivity index (χ3n) is 6.69. The zero-order valence-electron chi connectivity index (χ0n) is 22.7. The number of anilines is 1. The van der Waals surface area contributed by atoms with Crippen molar-refractivity contribution >= 4 is 11.6 Å². The van der Waals surface area contributed by atoms with Crippen LogP contribution in [0, 0.1) is 12.1 Å². The number of benzene rings is 3. The minimum Gasteiger partial charge on any atom is -0.710 e. The number of carbonyl (C=O) groups is 1. The van der Waals surface area contributed by atoms with Crippen molar-refractivity contribution in [1.82, 2.24) is 4.98 Å². The Morgan fingerprint density at radius 1 is 0.930 bits per heavy atom. The number of rotatable bonds is 7. The summed E-state index contributed by atoms with van der Waals surface area (Å²) < 4.78 is 117. The molecule has 4 rings (SSSR count). The predicted molar refractivity (Wildman–Crippen MR) is 140 cm³/mol. The summed E-state index contributed by atoms with van der Waals surface area (Å²) in [5.41, 5.74) is -6.05. The van der Waals surface area contributed by atoms with Gasteiger partial charge >= 0.3 is 12.4 Å². The zero-order chi connectivity index (χ0) is 31.9. The molecule has 0 spiro atoms. The molecule has 1 aromatic heterocycles. The Kier molecular flexibility index (Phi) is 8.18. The number of methoxy groups -OCH3 is 1. The number of carbonyl (C=O) groups excluding carboxylic acids is 1. The number of ether oxygens (including phenoxy) is 1. The van der Waals surface area contributed by atoms with Crippen LogP contribution in [0.2, 0.25) is 0 Å². The van der Waals surface area contributed by atoms with Crippen molar-refractivity contribution in [2.45, 2.75) is 38.5 Å². The molecule has 228 valence electrons. The summed E-state index contributed by atoms with van der Waals surface area (Å²) in [6.07, 6.45) is -10.8.